The lowest BCUT2D eigenvalue weighted by atomic mass is 9.47. The van der Waals surface area contributed by atoms with Crippen LogP contribution in [0.15, 0.2) is 11.6 Å². The van der Waals surface area contributed by atoms with Gasteiger partial charge in [0.1, 0.15) is 0 Å². The highest BCUT2D eigenvalue weighted by atomic mass is 16.3. The van der Waals surface area contributed by atoms with Crippen molar-refractivity contribution in [3.8, 4) is 0 Å². The predicted octanol–water partition coefficient (Wildman–Crippen LogP) is 4.70. The maximum atomic E-state index is 9.97. The highest BCUT2D eigenvalue weighted by molar-refractivity contribution is 5.25. The van der Waals surface area contributed by atoms with Crippen molar-refractivity contribution in [2.24, 2.45) is 28.6 Å². The Balaban J connectivity index is 1.68. The van der Waals surface area contributed by atoms with E-state index in [0.717, 1.165) is 24.2 Å². The van der Waals surface area contributed by atoms with Crippen LogP contribution in [0.2, 0.25) is 0 Å². The summed E-state index contributed by atoms with van der Waals surface area (Å²) in [6.07, 6.45) is 14.3. The van der Waals surface area contributed by atoms with Crippen molar-refractivity contribution in [3.63, 3.8) is 0 Å². The molecule has 0 aliphatic heterocycles. The molecule has 0 heterocycles. The summed E-state index contributed by atoms with van der Waals surface area (Å²) in [6.45, 7) is 5.11. The average Bonchev–Trinajstić information content (AvgIpc) is 2.81. The van der Waals surface area contributed by atoms with Crippen LogP contribution in [0.3, 0.4) is 0 Å². The molecule has 1 N–H and O–H groups in total. The van der Waals surface area contributed by atoms with Crippen LogP contribution in [-0.4, -0.2) is 11.2 Å². The zero-order valence-corrected chi connectivity index (χ0v) is 13.2. The predicted molar refractivity (Wildman–Crippen MR) is 82.3 cm³/mol. The molecule has 0 spiro atoms. The molecule has 4 aliphatic carbocycles. The number of hydrogen-bond donors (Lipinski definition) is 1. The van der Waals surface area contributed by atoms with Crippen LogP contribution < -0.4 is 0 Å². The van der Waals surface area contributed by atoms with Crippen molar-refractivity contribution in [2.75, 3.05) is 0 Å². The Kier molecular flexibility index (Phi) is 2.91. The largest absolute Gasteiger partial charge is 0.389 e. The minimum absolute atomic E-state index is 0.157. The van der Waals surface area contributed by atoms with E-state index in [1.807, 2.05) is 0 Å². The lowest BCUT2D eigenvalue weighted by molar-refractivity contribution is -0.0411. The Bertz CT molecular complexity index is 439. The molecule has 3 fully saturated rings. The third-order valence-electron chi connectivity index (χ3n) is 7.87. The van der Waals surface area contributed by atoms with Crippen molar-refractivity contribution in [1.29, 1.82) is 0 Å². The fourth-order valence-corrected chi connectivity index (χ4v) is 6.70. The standard InChI is InChI=1S/C19H30O/c1-18-9-3-4-16(18)15-6-5-13-12-14(20)7-11-19(13,2)17(15)8-10-18/h12,14-17,20H,3-11H2,1-2H3/t14?,15?,16?,17?,18-,19-/m0/s1. The molecule has 4 unspecified atom stereocenters. The second-order valence-corrected chi connectivity index (χ2v) is 8.72. The second-order valence-electron chi connectivity index (χ2n) is 8.72. The number of aliphatic hydroxyl groups is 1. The molecule has 0 radical (unpaired) electrons. The lowest BCUT2D eigenvalue weighted by Crippen LogP contribution is -2.49. The molecule has 3 saturated carbocycles. The van der Waals surface area contributed by atoms with Crippen molar-refractivity contribution >= 4 is 0 Å². The molecule has 0 saturated heterocycles. The molecule has 6 atom stereocenters. The van der Waals surface area contributed by atoms with E-state index in [2.05, 4.69) is 19.9 Å². The average molecular weight is 274 g/mol. The van der Waals surface area contributed by atoms with Gasteiger partial charge >= 0.3 is 0 Å². The summed E-state index contributed by atoms with van der Waals surface area (Å²) in [4.78, 5) is 0. The maximum Gasteiger partial charge on any atom is 0.0724 e. The minimum Gasteiger partial charge on any atom is -0.389 e. The fourth-order valence-electron chi connectivity index (χ4n) is 6.70. The van der Waals surface area contributed by atoms with Crippen LogP contribution in [0.25, 0.3) is 0 Å². The van der Waals surface area contributed by atoms with E-state index in [1.54, 1.807) is 5.57 Å². The third-order valence-corrected chi connectivity index (χ3v) is 7.87. The SMILES string of the molecule is C[C@@]12CCCC1C1CCC3=CC(O)CC[C@]3(C)C1CC2. The summed E-state index contributed by atoms with van der Waals surface area (Å²) in [7, 11) is 0. The van der Waals surface area contributed by atoms with E-state index in [4.69, 9.17) is 0 Å². The molecule has 0 aromatic heterocycles. The van der Waals surface area contributed by atoms with Gasteiger partial charge in [0.25, 0.3) is 0 Å². The van der Waals surface area contributed by atoms with E-state index >= 15 is 0 Å². The fraction of sp³-hybridized carbons (Fsp3) is 0.895. The molecule has 4 aliphatic rings. The summed E-state index contributed by atoms with van der Waals surface area (Å²) < 4.78 is 0. The Morgan fingerprint density at radius 1 is 1.00 bits per heavy atom. The first-order valence-electron chi connectivity index (χ1n) is 8.92. The Hall–Kier alpha value is -0.300. The van der Waals surface area contributed by atoms with Crippen molar-refractivity contribution in [3.05, 3.63) is 11.6 Å². The molecular weight excluding hydrogens is 244 g/mol. The highest BCUT2D eigenvalue weighted by Crippen LogP contribution is 2.65. The zero-order chi connectivity index (χ0) is 14.0. The number of aliphatic hydroxyl groups excluding tert-OH is 1. The minimum atomic E-state index is -0.157. The van der Waals surface area contributed by atoms with E-state index < -0.39 is 0 Å². The summed E-state index contributed by atoms with van der Waals surface area (Å²) in [5.74, 6) is 2.89. The number of fused-ring (bicyclic) bond motifs is 5. The van der Waals surface area contributed by atoms with Crippen LogP contribution in [0.5, 0.6) is 0 Å². The van der Waals surface area contributed by atoms with E-state index in [9.17, 15) is 5.11 Å². The lowest BCUT2D eigenvalue weighted by Gasteiger charge is -2.57. The highest BCUT2D eigenvalue weighted by Gasteiger charge is 2.55. The zero-order valence-electron chi connectivity index (χ0n) is 13.2. The molecule has 4 rings (SSSR count). The van der Waals surface area contributed by atoms with E-state index in [1.165, 1.54) is 51.4 Å². The number of allylic oxidation sites excluding steroid dienone is 1. The first-order chi connectivity index (χ1) is 9.53. The smallest absolute Gasteiger partial charge is 0.0724 e. The van der Waals surface area contributed by atoms with Gasteiger partial charge in [0, 0.05) is 0 Å². The van der Waals surface area contributed by atoms with Crippen molar-refractivity contribution in [2.45, 2.75) is 77.7 Å². The van der Waals surface area contributed by atoms with Gasteiger partial charge in [0.15, 0.2) is 0 Å². The van der Waals surface area contributed by atoms with Crippen LogP contribution in [0, 0.1) is 28.6 Å². The maximum absolute atomic E-state index is 9.97. The van der Waals surface area contributed by atoms with Gasteiger partial charge in [-0.3, -0.25) is 0 Å². The topological polar surface area (TPSA) is 20.2 Å². The molecule has 0 bridgehead atoms. The summed E-state index contributed by atoms with van der Waals surface area (Å²) in [6, 6.07) is 0. The van der Waals surface area contributed by atoms with Crippen molar-refractivity contribution in [1.82, 2.24) is 0 Å². The van der Waals surface area contributed by atoms with Gasteiger partial charge < -0.3 is 5.11 Å². The summed E-state index contributed by atoms with van der Waals surface area (Å²) in [5, 5.41) is 9.97. The Morgan fingerprint density at radius 3 is 2.70 bits per heavy atom. The van der Waals surface area contributed by atoms with Crippen LogP contribution in [0.1, 0.15) is 71.6 Å². The summed E-state index contributed by atoms with van der Waals surface area (Å²) >= 11 is 0. The third kappa shape index (κ3) is 1.71. The first-order valence-corrected chi connectivity index (χ1v) is 8.92. The molecule has 112 valence electrons. The Labute approximate surface area is 123 Å². The molecule has 1 nitrogen and oxygen atoms in total. The van der Waals surface area contributed by atoms with Gasteiger partial charge in [-0.05, 0) is 80.0 Å². The monoisotopic (exact) mass is 274 g/mol. The summed E-state index contributed by atoms with van der Waals surface area (Å²) in [5.41, 5.74) is 2.71. The molecule has 1 heteroatoms. The normalized spacial score (nSPS) is 54.6. The van der Waals surface area contributed by atoms with Crippen LogP contribution in [-0.2, 0) is 0 Å². The molecule has 0 aromatic carbocycles. The quantitative estimate of drug-likeness (QED) is 0.635. The molecule has 0 aromatic rings. The first kappa shape index (κ1) is 13.4. The van der Waals surface area contributed by atoms with Crippen molar-refractivity contribution < 1.29 is 5.11 Å². The second kappa shape index (κ2) is 4.35. The van der Waals surface area contributed by atoms with Gasteiger partial charge in [-0.1, -0.05) is 31.9 Å². The number of hydrogen-bond acceptors (Lipinski definition) is 1. The van der Waals surface area contributed by atoms with E-state index in [-0.39, 0.29) is 6.10 Å². The van der Waals surface area contributed by atoms with Gasteiger partial charge in [0.05, 0.1) is 6.10 Å². The van der Waals surface area contributed by atoms with Crippen LogP contribution in [0.4, 0.5) is 0 Å². The van der Waals surface area contributed by atoms with E-state index in [0.29, 0.717) is 10.8 Å². The molecule has 20 heavy (non-hydrogen) atoms. The Morgan fingerprint density at radius 2 is 1.85 bits per heavy atom. The molecular formula is C19H30O. The van der Waals surface area contributed by atoms with Gasteiger partial charge in [-0.15, -0.1) is 0 Å². The van der Waals surface area contributed by atoms with Gasteiger partial charge in [0.2, 0.25) is 0 Å². The molecule has 0 amide bonds. The van der Waals surface area contributed by atoms with Gasteiger partial charge in [-0.25, -0.2) is 0 Å². The van der Waals surface area contributed by atoms with Gasteiger partial charge in [-0.2, -0.15) is 0 Å². The number of rotatable bonds is 0. The van der Waals surface area contributed by atoms with Crippen LogP contribution >= 0.6 is 0 Å².